The summed E-state index contributed by atoms with van der Waals surface area (Å²) in [5.74, 6) is 0. The summed E-state index contributed by atoms with van der Waals surface area (Å²) in [6.07, 6.45) is 4.50. The molecule has 3 fully saturated rings. The van der Waals surface area contributed by atoms with Gasteiger partial charge in [0.1, 0.15) is 0 Å². The molecule has 1 aromatic carbocycles. The van der Waals surface area contributed by atoms with Crippen molar-refractivity contribution in [2.75, 3.05) is 52.5 Å². The molecule has 4 rings (SSSR count). The predicted octanol–water partition coefficient (Wildman–Crippen LogP) is 1.94. The van der Waals surface area contributed by atoms with Crippen LogP contribution in [0.2, 0.25) is 0 Å². The maximum atomic E-state index is 9.94. The van der Waals surface area contributed by atoms with Gasteiger partial charge >= 0.3 is 0 Å². The van der Waals surface area contributed by atoms with Crippen LogP contribution in [0.5, 0.6) is 0 Å². The van der Waals surface area contributed by atoms with Gasteiger partial charge in [-0.1, -0.05) is 24.3 Å². The number of piperidine rings is 2. The van der Waals surface area contributed by atoms with E-state index in [0.717, 1.165) is 58.8 Å². The normalized spacial score (nSPS) is 27.1. The number of benzene rings is 1. The number of morpholine rings is 1. The molecule has 5 nitrogen and oxygen atoms in total. The van der Waals surface area contributed by atoms with E-state index in [1.54, 1.807) is 0 Å². The van der Waals surface area contributed by atoms with Gasteiger partial charge in [0, 0.05) is 38.8 Å². The topological polar surface area (TPSA) is 39.2 Å². The molecule has 0 aliphatic carbocycles. The summed E-state index contributed by atoms with van der Waals surface area (Å²) in [4.78, 5) is 7.63. The molecule has 1 N–H and O–H groups in total. The van der Waals surface area contributed by atoms with Crippen LogP contribution in [-0.2, 0) is 17.8 Å². The Balaban J connectivity index is 1.25. The third kappa shape index (κ3) is 5.52. The molecule has 3 heterocycles. The van der Waals surface area contributed by atoms with Gasteiger partial charge in [-0.2, -0.15) is 0 Å². The standard InChI is InChI=1S/C22H35N3O2/c26-22-5-2-8-25(18-22)21-6-9-23(10-7-21)16-19-3-1-4-20(15-19)17-24-11-13-27-14-12-24/h1,3-4,15,21-22,26H,2,5-14,16-18H2/t22-/m1/s1. The lowest BCUT2D eigenvalue weighted by atomic mass is 9.98. The average Bonchev–Trinajstić information content (AvgIpc) is 2.70. The molecule has 150 valence electrons. The summed E-state index contributed by atoms with van der Waals surface area (Å²) in [6, 6.07) is 9.81. The molecule has 3 saturated heterocycles. The number of nitrogens with zero attached hydrogens (tertiary/aromatic N) is 3. The van der Waals surface area contributed by atoms with E-state index < -0.39 is 0 Å². The maximum absolute atomic E-state index is 9.94. The summed E-state index contributed by atoms with van der Waals surface area (Å²) >= 11 is 0. The zero-order valence-electron chi connectivity index (χ0n) is 16.6. The smallest absolute Gasteiger partial charge is 0.0667 e. The van der Waals surface area contributed by atoms with Crippen molar-refractivity contribution >= 4 is 0 Å². The van der Waals surface area contributed by atoms with E-state index >= 15 is 0 Å². The minimum absolute atomic E-state index is 0.106. The molecule has 0 bridgehead atoms. The van der Waals surface area contributed by atoms with Crippen LogP contribution < -0.4 is 0 Å². The summed E-state index contributed by atoms with van der Waals surface area (Å²) in [5.41, 5.74) is 2.86. The van der Waals surface area contributed by atoms with E-state index in [1.165, 1.54) is 43.6 Å². The number of β-amino-alcohol motifs (C(OH)–C–C–N with tert-alkyl or cyclic N) is 1. The molecule has 0 unspecified atom stereocenters. The highest BCUT2D eigenvalue weighted by atomic mass is 16.5. The number of aliphatic hydroxyl groups excluding tert-OH is 1. The van der Waals surface area contributed by atoms with Crippen molar-refractivity contribution in [1.82, 2.24) is 14.7 Å². The molecular formula is C22H35N3O2. The molecule has 0 aromatic heterocycles. The summed E-state index contributed by atoms with van der Waals surface area (Å²) in [5, 5.41) is 9.94. The van der Waals surface area contributed by atoms with Gasteiger partial charge in [0.25, 0.3) is 0 Å². The molecule has 0 spiro atoms. The van der Waals surface area contributed by atoms with Crippen LogP contribution in [0.1, 0.15) is 36.8 Å². The Morgan fingerprint density at radius 1 is 0.889 bits per heavy atom. The van der Waals surface area contributed by atoms with Crippen LogP contribution in [0.15, 0.2) is 24.3 Å². The minimum Gasteiger partial charge on any atom is -0.392 e. The van der Waals surface area contributed by atoms with Crippen LogP contribution in [0, 0.1) is 0 Å². The summed E-state index contributed by atoms with van der Waals surface area (Å²) in [7, 11) is 0. The Bertz CT molecular complexity index is 583. The fraction of sp³-hybridized carbons (Fsp3) is 0.727. The first-order valence-corrected chi connectivity index (χ1v) is 10.8. The molecule has 3 aliphatic rings. The Morgan fingerprint density at radius 2 is 1.56 bits per heavy atom. The van der Waals surface area contributed by atoms with Crippen molar-refractivity contribution in [2.45, 2.75) is 50.9 Å². The van der Waals surface area contributed by atoms with Crippen LogP contribution in [-0.4, -0.2) is 84.4 Å². The third-order valence-corrected chi connectivity index (χ3v) is 6.41. The Labute approximate surface area is 163 Å². The maximum Gasteiger partial charge on any atom is 0.0667 e. The van der Waals surface area contributed by atoms with E-state index in [2.05, 4.69) is 39.0 Å². The first kappa shape index (κ1) is 19.3. The number of hydrogen-bond acceptors (Lipinski definition) is 5. The lowest BCUT2D eigenvalue weighted by molar-refractivity contribution is 0.0243. The monoisotopic (exact) mass is 373 g/mol. The number of aliphatic hydroxyl groups is 1. The molecule has 27 heavy (non-hydrogen) atoms. The van der Waals surface area contributed by atoms with E-state index in [0.29, 0.717) is 6.04 Å². The second-order valence-corrected chi connectivity index (χ2v) is 8.51. The molecule has 0 radical (unpaired) electrons. The van der Waals surface area contributed by atoms with Gasteiger partial charge in [0.05, 0.1) is 19.3 Å². The van der Waals surface area contributed by atoms with Crippen LogP contribution in [0.25, 0.3) is 0 Å². The van der Waals surface area contributed by atoms with Crippen molar-refractivity contribution in [3.63, 3.8) is 0 Å². The van der Waals surface area contributed by atoms with Gasteiger partial charge in [-0.25, -0.2) is 0 Å². The third-order valence-electron chi connectivity index (χ3n) is 6.41. The van der Waals surface area contributed by atoms with Crippen molar-refractivity contribution in [3.8, 4) is 0 Å². The lowest BCUT2D eigenvalue weighted by Gasteiger charge is -2.41. The van der Waals surface area contributed by atoms with Crippen molar-refractivity contribution < 1.29 is 9.84 Å². The number of likely N-dealkylation sites (tertiary alicyclic amines) is 2. The van der Waals surface area contributed by atoms with Crippen LogP contribution in [0.4, 0.5) is 0 Å². The van der Waals surface area contributed by atoms with Crippen molar-refractivity contribution in [2.24, 2.45) is 0 Å². The van der Waals surface area contributed by atoms with E-state index in [1.807, 2.05) is 0 Å². The highest BCUT2D eigenvalue weighted by Crippen LogP contribution is 2.22. The van der Waals surface area contributed by atoms with Gasteiger partial charge in [-0.15, -0.1) is 0 Å². The Hall–Kier alpha value is -0.980. The first-order chi connectivity index (χ1) is 13.3. The number of ether oxygens (including phenoxy) is 1. The van der Waals surface area contributed by atoms with Gasteiger partial charge < -0.3 is 9.84 Å². The van der Waals surface area contributed by atoms with Gasteiger partial charge in [-0.05, 0) is 56.4 Å². The second kappa shape index (κ2) is 9.48. The second-order valence-electron chi connectivity index (χ2n) is 8.51. The zero-order valence-corrected chi connectivity index (χ0v) is 16.6. The van der Waals surface area contributed by atoms with Gasteiger partial charge in [0.15, 0.2) is 0 Å². The summed E-state index contributed by atoms with van der Waals surface area (Å²) in [6.45, 7) is 10.3. The molecule has 1 aromatic rings. The molecular weight excluding hydrogens is 338 g/mol. The van der Waals surface area contributed by atoms with Crippen LogP contribution >= 0.6 is 0 Å². The molecule has 1 atom stereocenters. The highest BCUT2D eigenvalue weighted by Gasteiger charge is 2.28. The van der Waals surface area contributed by atoms with Gasteiger partial charge in [0.2, 0.25) is 0 Å². The SMILES string of the molecule is O[C@@H]1CCCN(C2CCN(Cc3cccc(CN4CCOCC4)c3)CC2)C1. The summed E-state index contributed by atoms with van der Waals surface area (Å²) < 4.78 is 5.45. The van der Waals surface area contributed by atoms with Crippen molar-refractivity contribution in [3.05, 3.63) is 35.4 Å². The quantitative estimate of drug-likeness (QED) is 0.854. The number of hydrogen-bond donors (Lipinski definition) is 1. The van der Waals surface area contributed by atoms with Gasteiger partial charge in [-0.3, -0.25) is 14.7 Å². The molecule has 0 saturated carbocycles. The fourth-order valence-electron chi connectivity index (χ4n) is 4.86. The van der Waals surface area contributed by atoms with Crippen molar-refractivity contribution in [1.29, 1.82) is 0 Å². The molecule has 5 heteroatoms. The molecule has 0 amide bonds. The average molecular weight is 374 g/mol. The Morgan fingerprint density at radius 3 is 2.22 bits per heavy atom. The van der Waals surface area contributed by atoms with E-state index in [-0.39, 0.29) is 6.10 Å². The fourth-order valence-corrected chi connectivity index (χ4v) is 4.86. The highest BCUT2D eigenvalue weighted by molar-refractivity contribution is 5.23. The molecule has 3 aliphatic heterocycles. The van der Waals surface area contributed by atoms with E-state index in [9.17, 15) is 5.11 Å². The zero-order chi connectivity index (χ0) is 18.5. The number of rotatable bonds is 5. The van der Waals surface area contributed by atoms with E-state index in [4.69, 9.17) is 4.74 Å². The van der Waals surface area contributed by atoms with Crippen LogP contribution in [0.3, 0.4) is 0 Å². The lowest BCUT2D eigenvalue weighted by Crippen LogP contribution is -2.49. The predicted molar refractivity (Wildman–Crippen MR) is 108 cm³/mol. The Kier molecular flexibility index (Phi) is 6.79. The first-order valence-electron chi connectivity index (χ1n) is 10.8. The minimum atomic E-state index is -0.106. The largest absolute Gasteiger partial charge is 0.392 e.